The molecule has 2 unspecified atom stereocenters. The first-order chi connectivity index (χ1) is 12.4. The van der Waals surface area contributed by atoms with Crippen LogP contribution in [0.1, 0.15) is 37.6 Å². The minimum Gasteiger partial charge on any atom is -0.360 e. The van der Waals surface area contributed by atoms with Crippen molar-refractivity contribution in [3.63, 3.8) is 0 Å². The Hall–Kier alpha value is -1.99. The summed E-state index contributed by atoms with van der Waals surface area (Å²) >= 11 is 7.17. The number of hydrogen-bond donors (Lipinski definition) is 2. The van der Waals surface area contributed by atoms with E-state index in [-0.39, 0.29) is 23.6 Å². The van der Waals surface area contributed by atoms with Gasteiger partial charge in [0, 0.05) is 11.1 Å². The summed E-state index contributed by atoms with van der Waals surface area (Å²) in [7, 11) is 0. The van der Waals surface area contributed by atoms with Gasteiger partial charge in [0.15, 0.2) is 5.82 Å². The Bertz CT molecular complexity index is 748. The van der Waals surface area contributed by atoms with Gasteiger partial charge in [0.25, 0.3) is 0 Å². The van der Waals surface area contributed by atoms with Gasteiger partial charge in [0.2, 0.25) is 11.8 Å². The van der Waals surface area contributed by atoms with E-state index in [2.05, 4.69) is 15.8 Å². The molecule has 2 aromatic rings. The van der Waals surface area contributed by atoms with Gasteiger partial charge in [-0.05, 0) is 38.0 Å². The summed E-state index contributed by atoms with van der Waals surface area (Å²) in [6.45, 7) is 5.50. The molecule has 0 aliphatic rings. The first kappa shape index (κ1) is 20.3. The molecule has 1 aromatic carbocycles. The van der Waals surface area contributed by atoms with E-state index in [9.17, 15) is 9.59 Å². The average molecular weight is 396 g/mol. The van der Waals surface area contributed by atoms with E-state index in [0.717, 1.165) is 12.0 Å². The molecule has 6 nitrogen and oxygen atoms in total. The molecular formula is C18H22ClN3O3S. The lowest BCUT2D eigenvalue weighted by molar-refractivity contribution is -0.119. The number of carbonyl (C=O) groups is 2. The minimum atomic E-state index is -0.395. The summed E-state index contributed by atoms with van der Waals surface area (Å²) in [6, 6.07) is 8.97. The zero-order chi connectivity index (χ0) is 19.1. The molecule has 0 radical (unpaired) electrons. The van der Waals surface area contributed by atoms with Gasteiger partial charge in [-0.25, -0.2) is 0 Å². The van der Waals surface area contributed by atoms with Gasteiger partial charge >= 0.3 is 0 Å². The fraction of sp³-hybridized carbons (Fsp3) is 0.389. The van der Waals surface area contributed by atoms with E-state index < -0.39 is 5.25 Å². The summed E-state index contributed by atoms with van der Waals surface area (Å²) in [5, 5.41) is 9.63. The molecule has 140 valence electrons. The van der Waals surface area contributed by atoms with Gasteiger partial charge < -0.3 is 15.2 Å². The van der Waals surface area contributed by atoms with Gasteiger partial charge in [-0.1, -0.05) is 35.8 Å². The van der Waals surface area contributed by atoms with E-state index in [1.807, 2.05) is 19.1 Å². The van der Waals surface area contributed by atoms with Crippen molar-refractivity contribution < 1.29 is 14.1 Å². The highest BCUT2D eigenvalue weighted by molar-refractivity contribution is 8.01. The van der Waals surface area contributed by atoms with Crippen LogP contribution in [0.4, 0.5) is 5.82 Å². The molecule has 1 heterocycles. The topological polar surface area (TPSA) is 84.2 Å². The number of anilines is 1. The van der Waals surface area contributed by atoms with Crippen molar-refractivity contribution in [2.75, 3.05) is 11.1 Å². The van der Waals surface area contributed by atoms with Gasteiger partial charge in [0.05, 0.1) is 17.0 Å². The maximum absolute atomic E-state index is 12.2. The van der Waals surface area contributed by atoms with Crippen LogP contribution in [0.2, 0.25) is 5.02 Å². The summed E-state index contributed by atoms with van der Waals surface area (Å²) in [4.78, 5) is 24.3. The lowest BCUT2D eigenvalue weighted by Crippen LogP contribution is -2.31. The first-order valence-corrected chi connectivity index (χ1v) is 9.72. The van der Waals surface area contributed by atoms with Gasteiger partial charge in [0.1, 0.15) is 5.76 Å². The average Bonchev–Trinajstić information content (AvgIpc) is 3.03. The molecule has 2 rings (SSSR count). The van der Waals surface area contributed by atoms with Crippen molar-refractivity contribution in [2.24, 2.45) is 0 Å². The van der Waals surface area contributed by atoms with Crippen LogP contribution in [0, 0.1) is 6.92 Å². The Balaban J connectivity index is 1.81. The SMILES string of the molecule is CCC(NC(=O)CSC(C)C(=O)Nc1cc(C)on1)c1ccc(Cl)cc1. The van der Waals surface area contributed by atoms with E-state index in [0.29, 0.717) is 16.6 Å². The standard InChI is InChI=1S/C18H22ClN3O3S/c1-4-15(13-5-7-14(19)8-6-13)20-17(23)10-26-12(3)18(24)21-16-9-11(2)25-22-16/h5-9,12,15H,4,10H2,1-3H3,(H,20,23)(H,21,22,24). The number of rotatable bonds is 8. The molecule has 0 aliphatic heterocycles. The molecule has 8 heteroatoms. The van der Waals surface area contributed by atoms with Crippen LogP contribution in [0.15, 0.2) is 34.9 Å². The van der Waals surface area contributed by atoms with Crippen molar-refractivity contribution in [1.82, 2.24) is 10.5 Å². The Morgan fingerprint density at radius 1 is 1.31 bits per heavy atom. The smallest absolute Gasteiger partial charge is 0.238 e. The second kappa shape index (κ2) is 9.64. The van der Waals surface area contributed by atoms with Crippen molar-refractivity contribution in [3.8, 4) is 0 Å². The zero-order valence-corrected chi connectivity index (χ0v) is 16.5. The number of nitrogens with one attached hydrogen (secondary N) is 2. The van der Waals surface area contributed by atoms with Crippen LogP contribution >= 0.6 is 23.4 Å². The number of benzene rings is 1. The highest BCUT2D eigenvalue weighted by Crippen LogP contribution is 2.20. The van der Waals surface area contributed by atoms with Crippen LogP contribution < -0.4 is 10.6 Å². The molecule has 1 aromatic heterocycles. The maximum Gasteiger partial charge on any atom is 0.238 e. The number of aryl methyl sites for hydroxylation is 1. The number of carbonyl (C=O) groups excluding carboxylic acids is 2. The molecule has 2 atom stereocenters. The van der Waals surface area contributed by atoms with Crippen molar-refractivity contribution in [3.05, 3.63) is 46.7 Å². The van der Waals surface area contributed by atoms with E-state index in [1.54, 1.807) is 32.0 Å². The summed E-state index contributed by atoms with van der Waals surface area (Å²) in [5.74, 6) is 0.844. The molecule has 0 saturated carbocycles. The fourth-order valence-corrected chi connectivity index (χ4v) is 3.10. The molecule has 0 spiro atoms. The number of hydrogen-bond acceptors (Lipinski definition) is 5. The molecular weight excluding hydrogens is 374 g/mol. The van der Waals surface area contributed by atoms with Gasteiger partial charge in [-0.15, -0.1) is 11.8 Å². The Morgan fingerprint density at radius 2 is 2.00 bits per heavy atom. The number of nitrogens with zero attached hydrogens (tertiary/aromatic N) is 1. The second-order valence-corrected chi connectivity index (χ2v) is 7.61. The van der Waals surface area contributed by atoms with Crippen LogP contribution in [0.5, 0.6) is 0 Å². The Morgan fingerprint density at radius 3 is 2.58 bits per heavy atom. The van der Waals surface area contributed by atoms with Gasteiger partial charge in [-0.3, -0.25) is 9.59 Å². The van der Waals surface area contributed by atoms with Crippen molar-refractivity contribution in [1.29, 1.82) is 0 Å². The van der Waals surface area contributed by atoms with E-state index in [4.69, 9.17) is 16.1 Å². The number of aromatic nitrogens is 1. The van der Waals surface area contributed by atoms with Crippen molar-refractivity contribution >= 4 is 41.0 Å². The molecule has 2 N–H and O–H groups in total. The Labute approximate surface area is 162 Å². The summed E-state index contributed by atoms with van der Waals surface area (Å²) in [5.41, 5.74) is 1.00. The number of amides is 2. The Kier molecular flexibility index (Phi) is 7.53. The monoisotopic (exact) mass is 395 g/mol. The highest BCUT2D eigenvalue weighted by atomic mass is 35.5. The van der Waals surface area contributed by atoms with Crippen LogP contribution in [-0.4, -0.2) is 28.0 Å². The molecule has 0 fully saturated rings. The third-order valence-corrected chi connectivity index (χ3v) is 5.12. The fourth-order valence-electron chi connectivity index (χ4n) is 2.28. The minimum absolute atomic E-state index is 0.0809. The second-order valence-electron chi connectivity index (χ2n) is 5.85. The maximum atomic E-state index is 12.2. The quantitative estimate of drug-likeness (QED) is 0.706. The zero-order valence-electron chi connectivity index (χ0n) is 14.9. The number of thioether (sulfide) groups is 1. The van der Waals surface area contributed by atoms with E-state index in [1.165, 1.54) is 11.8 Å². The molecule has 2 amide bonds. The summed E-state index contributed by atoms with van der Waals surface area (Å²) in [6.07, 6.45) is 0.763. The predicted molar refractivity (Wildman–Crippen MR) is 104 cm³/mol. The van der Waals surface area contributed by atoms with Crippen LogP contribution in [-0.2, 0) is 9.59 Å². The first-order valence-electron chi connectivity index (χ1n) is 8.29. The van der Waals surface area contributed by atoms with E-state index >= 15 is 0 Å². The molecule has 0 saturated heterocycles. The van der Waals surface area contributed by atoms with Crippen molar-refractivity contribution in [2.45, 2.75) is 38.5 Å². The highest BCUT2D eigenvalue weighted by Gasteiger charge is 2.18. The summed E-state index contributed by atoms with van der Waals surface area (Å²) < 4.78 is 4.90. The largest absolute Gasteiger partial charge is 0.360 e. The predicted octanol–water partition coefficient (Wildman–Crippen LogP) is 3.96. The lowest BCUT2D eigenvalue weighted by atomic mass is 10.0. The van der Waals surface area contributed by atoms with Gasteiger partial charge in [-0.2, -0.15) is 0 Å². The van der Waals surface area contributed by atoms with Crippen LogP contribution in [0.25, 0.3) is 0 Å². The molecule has 0 bridgehead atoms. The third-order valence-electron chi connectivity index (χ3n) is 3.73. The normalized spacial score (nSPS) is 13.1. The third kappa shape index (κ3) is 6.07. The molecule has 0 aliphatic carbocycles. The molecule has 26 heavy (non-hydrogen) atoms. The van der Waals surface area contributed by atoms with Crippen LogP contribution in [0.3, 0.4) is 0 Å². The number of halogens is 1. The lowest BCUT2D eigenvalue weighted by Gasteiger charge is -2.18.